The van der Waals surface area contributed by atoms with E-state index in [0.29, 0.717) is 6.33 Å². The second-order valence-corrected chi connectivity index (χ2v) is 5.11. The molecule has 0 aromatic carbocycles. The molecule has 0 spiro atoms. The Morgan fingerprint density at radius 2 is 2.05 bits per heavy atom. The summed E-state index contributed by atoms with van der Waals surface area (Å²) in [6.07, 6.45) is -4.91. The Kier molecular flexibility index (Phi) is 5.19. The van der Waals surface area contributed by atoms with Crippen LogP contribution in [0, 0.1) is 11.8 Å². The van der Waals surface area contributed by atoms with Crippen LogP contribution in [0.25, 0.3) is 0 Å². The Bertz CT molecular complexity index is 663. The second kappa shape index (κ2) is 6.51. The zero-order valence-electron chi connectivity index (χ0n) is 12.1. The van der Waals surface area contributed by atoms with E-state index in [1.165, 1.54) is 0 Å². The van der Waals surface area contributed by atoms with Gasteiger partial charge in [-0.1, -0.05) is 11.8 Å². The number of amides is 1. The van der Waals surface area contributed by atoms with E-state index >= 15 is 0 Å². The number of ether oxygens (including phenoxy) is 1. The van der Waals surface area contributed by atoms with Gasteiger partial charge in [-0.2, -0.15) is 13.2 Å². The summed E-state index contributed by atoms with van der Waals surface area (Å²) in [6.45, 7) is 4.69. The van der Waals surface area contributed by atoms with Gasteiger partial charge in [0.25, 0.3) is 5.56 Å². The number of nitrogens with one attached hydrogen (secondary N) is 2. The molecule has 0 aliphatic carbocycles. The van der Waals surface area contributed by atoms with Crippen LogP contribution in [0.3, 0.4) is 0 Å². The first-order chi connectivity index (χ1) is 10.0. The molecule has 1 heterocycles. The summed E-state index contributed by atoms with van der Waals surface area (Å²) in [5, 5.41) is 2.24. The molecule has 0 aliphatic heterocycles. The van der Waals surface area contributed by atoms with E-state index in [-0.39, 0.29) is 6.54 Å². The van der Waals surface area contributed by atoms with Gasteiger partial charge < -0.3 is 15.0 Å². The summed E-state index contributed by atoms with van der Waals surface area (Å²) in [5.41, 5.74) is -3.89. The van der Waals surface area contributed by atoms with Crippen LogP contribution >= 0.6 is 0 Å². The van der Waals surface area contributed by atoms with Crippen LogP contribution < -0.4 is 10.9 Å². The topological polar surface area (TPSA) is 84.1 Å². The Labute approximate surface area is 124 Å². The number of carbonyl (C=O) groups excluding carboxylic acids is 1. The third-order valence-electron chi connectivity index (χ3n) is 2.06. The van der Waals surface area contributed by atoms with Crippen LogP contribution in [0.4, 0.5) is 18.0 Å². The van der Waals surface area contributed by atoms with E-state index in [0.717, 1.165) is 0 Å². The fourth-order valence-corrected chi connectivity index (χ4v) is 1.29. The lowest BCUT2D eigenvalue weighted by molar-refractivity contribution is -0.141. The fraction of sp³-hybridized carbons (Fsp3) is 0.462. The SMILES string of the molecule is CC(C)(C)OC(=O)NCC#Cc1c(C(F)(F)F)nc[nH]c1=O. The molecule has 1 aromatic heterocycles. The van der Waals surface area contributed by atoms with Gasteiger partial charge in [-0.15, -0.1) is 0 Å². The highest BCUT2D eigenvalue weighted by Gasteiger charge is 2.36. The number of aromatic nitrogens is 2. The monoisotopic (exact) mass is 317 g/mol. The second-order valence-electron chi connectivity index (χ2n) is 5.11. The number of rotatable bonds is 1. The highest BCUT2D eigenvalue weighted by molar-refractivity contribution is 5.68. The van der Waals surface area contributed by atoms with Crippen molar-refractivity contribution >= 4 is 6.09 Å². The van der Waals surface area contributed by atoms with Crippen molar-refractivity contribution in [3.63, 3.8) is 0 Å². The molecule has 1 aromatic rings. The normalized spacial score (nSPS) is 11.4. The molecule has 0 saturated carbocycles. The maximum Gasteiger partial charge on any atom is 0.434 e. The summed E-state index contributed by atoms with van der Waals surface area (Å²) in [7, 11) is 0. The molecule has 0 fully saturated rings. The molecule has 1 rings (SSSR count). The van der Waals surface area contributed by atoms with Gasteiger partial charge in [0.1, 0.15) is 11.2 Å². The van der Waals surface area contributed by atoms with Gasteiger partial charge in [0.2, 0.25) is 0 Å². The molecule has 0 saturated heterocycles. The van der Waals surface area contributed by atoms with Crippen LogP contribution in [-0.2, 0) is 10.9 Å². The van der Waals surface area contributed by atoms with E-state index in [1.54, 1.807) is 20.8 Å². The standard InChI is InChI=1S/C13H14F3N3O3/c1-12(2,3)22-11(21)17-6-4-5-8-9(13(14,15)16)18-7-19-10(8)20/h7H,6H2,1-3H3,(H,17,21)(H,18,19,20). The molecule has 1 amide bonds. The van der Waals surface area contributed by atoms with E-state index in [9.17, 15) is 22.8 Å². The summed E-state index contributed by atoms with van der Waals surface area (Å²) in [5.74, 6) is 4.31. The number of nitrogens with zero attached hydrogens (tertiary/aromatic N) is 1. The van der Waals surface area contributed by atoms with Crippen LogP contribution in [0.15, 0.2) is 11.1 Å². The van der Waals surface area contributed by atoms with Crippen molar-refractivity contribution < 1.29 is 22.7 Å². The zero-order chi connectivity index (χ0) is 17.0. The third-order valence-corrected chi connectivity index (χ3v) is 2.06. The van der Waals surface area contributed by atoms with Crippen molar-refractivity contribution in [2.24, 2.45) is 0 Å². The van der Waals surface area contributed by atoms with E-state index in [4.69, 9.17) is 4.74 Å². The Hall–Kier alpha value is -2.50. The van der Waals surface area contributed by atoms with Crippen molar-refractivity contribution in [2.75, 3.05) is 6.54 Å². The van der Waals surface area contributed by atoms with Crippen LogP contribution in [0.2, 0.25) is 0 Å². The summed E-state index contributed by atoms with van der Waals surface area (Å²) >= 11 is 0. The number of hydrogen-bond acceptors (Lipinski definition) is 4. The van der Waals surface area contributed by atoms with E-state index in [1.807, 2.05) is 4.98 Å². The number of hydrogen-bond donors (Lipinski definition) is 2. The van der Waals surface area contributed by atoms with Gasteiger partial charge in [0, 0.05) is 0 Å². The molecule has 22 heavy (non-hydrogen) atoms. The molecule has 2 N–H and O–H groups in total. The van der Waals surface area contributed by atoms with Crippen molar-refractivity contribution in [3.05, 3.63) is 27.9 Å². The maximum absolute atomic E-state index is 12.7. The lowest BCUT2D eigenvalue weighted by atomic mass is 10.2. The van der Waals surface area contributed by atoms with E-state index in [2.05, 4.69) is 22.1 Å². The predicted octanol–water partition coefficient (Wildman–Crippen LogP) is 1.66. The fourth-order valence-electron chi connectivity index (χ4n) is 1.29. The van der Waals surface area contributed by atoms with Gasteiger partial charge in [-0.3, -0.25) is 4.79 Å². The van der Waals surface area contributed by atoms with Crippen molar-refractivity contribution in [1.82, 2.24) is 15.3 Å². The van der Waals surface area contributed by atoms with Crippen LogP contribution in [0.1, 0.15) is 32.0 Å². The predicted molar refractivity (Wildman–Crippen MR) is 71.0 cm³/mol. The molecular formula is C13H14F3N3O3. The number of alkyl carbamates (subject to hydrolysis) is 1. The van der Waals surface area contributed by atoms with Crippen molar-refractivity contribution in [2.45, 2.75) is 32.5 Å². The summed E-state index contributed by atoms with van der Waals surface area (Å²) in [4.78, 5) is 27.8. The maximum atomic E-state index is 12.7. The number of H-pyrrole nitrogens is 1. The number of aromatic amines is 1. The van der Waals surface area contributed by atoms with Gasteiger partial charge >= 0.3 is 12.3 Å². The van der Waals surface area contributed by atoms with Gasteiger partial charge in [0.15, 0.2) is 5.69 Å². The lowest BCUT2D eigenvalue weighted by Crippen LogP contribution is -2.32. The summed E-state index contributed by atoms with van der Waals surface area (Å²) in [6, 6.07) is 0. The Morgan fingerprint density at radius 1 is 1.41 bits per heavy atom. The highest BCUT2D eigenvalue weighted by Crippen LogP contribution is 2.28. The minimum Gasteiger partial charge on any atom is -0.444 e. The first-order valence-corrected chi connectivity index (χ1v) is 6.11. The molecule has 0 bridgehead atoms. The number of alkyl halides is 3. The zero-order valence-corrected chi connectivity index (χ0v) is 12.1. The number of halogens is 3. The van der Waals surface area contributed by atoms with E-state index < -0.39 is 34.7 Å². The highest BCUT2D eigenvalue weighted by atomic mass is 19.4. The average molecular weight is 317 g/mol. The smallest absolute Gasteiger partial charge is 0.434 e. The largest absolute Gasteiger partial charge is 0.444 e. The molecule has 120 valence electrons. The third kappa shape index (κ3) is 5.47. The first-order valence-electron chi connectivity index (χ1n) is 6.11. The lowest BCUT2D eigenvalue weighted by Gasteiger charge is -2.19. The first kappa shape index (κ1) is 17.6. The van der Waals surface area contributed by atoms with Gasteiger partial charge in [-0.05, 0) is 20.8 Å². The quantitative estimate of drug-likeness (QED) is 0.772. The molecular weight excluding hydrogens is 303 g/mol. The molecule has 9 heteroatoms. The van der Waals surface area contributed by atoms with Crippen molar-refractivity contribution in [3.8, 4) is 11.8 Å². The van der Waals surface area contributed by atoms with Crippen molar-refractivity contribution in [1.29, 1.82) is 0 Å². The van der Waals surface area contributed by atoms with Crippen LogP contribution in [-0.4, -0.2) is 28.2 Å². The molecule has 6 nitrogen and oxygen atoms in total. The minimum atomic E-state index is -4.79. The summed E-state index contributed by atoms with van der Waals surface area (Å²) < 4.78 is 42.9. The average Bonchev–Trinajstić information content (AvgIpc) is 2.32. The Morgan fingerprint density at radius 3 is 2.59 bits per heavy atom. The molecule has 0 radical (unpaired) electrons. The van der Waals surface area contributed by atoms with Crippen LogP contribution in [0.5, 0.6) is 0 Å². The molecule has 0 aliphatic rings. The van der Waals surface area contributed by atoms with Gasteiger partial charge in [0.05, 0.1) is 12.9 Å². The Balaban J connectivity index is 2.82. The van der Waals surface area contributed by atoms with Gasteiger partial charge in [-0.25, -0.2) is 9.78 Å². The molecule has 0 atom stereocenters. The molecule has 0 unspecified atom stereocenters. The minimum absolute atomic E-state index is 0.277. The number of carbonyl (C=O) groups is 1.